The molecular formula is C22H23F3N6O2. The molecule has 0 radical (unpaired) electrons. The largest absolute Gasteiger partial charge is 0.416 e. The highest BCUT2D eigenvalue weighted by molar-refractivity contribution is 6.00. The number of hydrogen-bond acceptors (Lipinski definition) is 3. The van der Waals surface area contributed by atoms with E-state index in [1.807, 2.05) is 23.9 Å². The van der Waals surface area contributed by atoms with E-state index in [0.29, 0.717) is 18.7 Å². The van der Waals surface area contributed by atoms with Gasteiger partial charge in [-0.25, -0.2) is 9.31 Å². The fourth-order valence-corrected chi connectivity index (χ4v) is 4.92. The molecule has 0 unspecified atom stereocenters. The van der Waals surface area contributed by atoms with Crippen molar-refractivity contribution in [3.63, 3.8) is 0 Å². The van der Waals surface area contributed by atoms with E-state index < -0.39 is 17.8 Å². The van der Waals surface area contributed by atoms with Crippen LogP contribution >= 0.6 is 0 Å². The Labute approximate surface area is 187 Å². The summed E-state index contributed by atoms with van der Waals surface area (Å²) in [6.45, 7) is 3.97. The van der Waals surface area contributed by atoms with E-state index in [-0.39, 0.29) is 23.1 Å². The molecule has 1 saturated heterocycles. The quantitative estimate of drug-likeness (QED) is 0.624. The molecule has 1 spiro atoms. The molecule has 1 aliphatic carbocycles. The third kappa shape index (κ3) is 3.81. The Balaban J connectivity index is 1.12. The predicted octanol–water partition coefficient (Wildman–Crippen LogP) is 3.60. The van der Waals surface area contributed by atoms with E-state index in [9.17, 15) is 22.8 Å². The number of nitrogens with zero attached hydrogens (tertiary/aromatic N) is 4. The first-order valence-corrected chi connectivity index (χ1v) is 10.7. The van der Waals surface area contributed by atoms with Crippen molar-refractivity contribution in [3.05, 3.63) is 54.0 Å². The molecule has 5 rings (SSSR count). The van der Waals surface area contributed by atoms with Gasteiger partial charge in [0.15, 0.2) is 0 Å². The van der Waals surface area contributed by atoms with Gasteiger partial charge in [-0.1, -0.05) is 6.07 Å². The van der Waals surface area contributed by atoms with Crippen molar-refractivity contribution in [2.45, 2.75) is 38.5 Å². The number of alkyl halides is 3. The molecule has 2 aromatic heterocycles. The Bertz CT molecular complexity index is 1220. The number of fused-ring (bicyclic) bond motifs is 1. The zero-order chi connectivity index (χ0) is 23.4. The van der Waals surface area contributed by atoms with Crippen molar-refractivity contribution in [1.82, 2.24) is 24.4 Å². The summed E-state index contributed by atoms with van der Waals surface area (Å²) < 4.78 is 42.1. The SMILES string of the molecule is CCn1ccn2ncc(C(=O)N3CC4(CC(NC(=O)Nc5cccc(C(F)(F)F)c5)C4)C3)c12. The Morgan fingerprint density at radius 3 is 2.67 bits per heavy atom. The highest BCUT2D eigenvalue weighted by Crippen LogP contribution is 2.48. The lowest BCUT2D eigenvalue weighted by Gasteiger charge is -2.58. The van der Waals surface area contributed by atoms with Crippen LogP contribution in [0.2, 0.25) is 0 Å². The predicted molar refractivity (Wildman–Crippen MR) is 114 cm³/mol. The third-order valence-corrected chi connectivity index (χ3v) is 6.48. The number of amides is 3. The second kappa shape index (κ2) is 7.53. The number of halogens is 3. The number of carbonyl (C=O) groups is 2. The number of rotatable bonds is 4. The van der Waals surface area contributed by atoms with Crippen LogP contribution in [0.5, 0.6) is 0 Å². The molecule has 2 N–H and O–H groups in total. The maximum Gasteiger partial charge on any atom is 0.416 e. The molecule has 1 aromatic carbocycles. The summed E-state index contributed by atoms with van der Waals surface area (Å²) in [7, 11) is 0. The molecule has 0 atom stereocenters. The fourth-order valence-electron chi connectivity index (χ4n) is 4.92. The standard InChI is InChI=1S/C22H23F3N6O2/c1-2-29-6-7-31-18(29)17(11-26-31)19(32)30-12-21(13-30)9-16(10-21)28-20(33)27-15-5-3-4-14(8-15)22(23,24)25/h3-8,11,16H,2,9-10,12-13H2,1H3,(H2,27,28,33). The van der Waals surface area contributed by atoms with E-state index in [0.717, 1.165) is 37.2 Å². The van der Waals surface area contributed by atoms with Crippen molar-refractivity contribution in [1.29, 1.82) is 0 Å². The summed E-state index contributed by atoms with van der Waals surface area (Å²) in [5, 5.41) is 9.51. The van der Waals surface area contributed by atoms with Crippen LogP contribution in [0.15, 0.2) is 42.9 Å². The summed E-state index contributed by atoms with van der Waals surface area (Å²) in [5.41, 5.74) is 0.613. The molecule has 1 aliphatic heterocycles. The van der Waals surface area contributed by atoms with Crippen LogP contribution in [0.4, 0.5) is 23.7 Å². The lowest BCUT2D eigenvalue weighted by atomic mass is 9.60. The molecule has 1 saturated carbocycles. The number of nitrogens with one attached hydrogen (secondary N) is 2. The number of hydrogen-bond donors (Lipinski definition) is 2. The van der Waals surface area contributed by atoms with Crippen molar-refractivity contribution < 1.29 is 22.8 Å². The van der Waals surface area contributed by atoms with Gasteiger partial charge in [-0.15, -0.1) is 0 Å². The Morgan fingerprint density at radius 1 is 1.21 bits per heavy atom. The average Bonchev–Trinajstić information content (AvgIpc) is 3.29. The lowest BCUT2D eigenvalue weighted by Crippen LogP contribution is -2.67. The van der Waals surface area contributed by atoms with Crippen molar-refractivity contribution in [2.75, 3.05) is 18.4 Å². The van der Waals surface area contributed by atoms with Gasteiger partial charge in [0, 0.05) is 49.2 Å². The molecule has 33 heavy (non-hydrogen) atoms. The van der Waals surface area contributed by atoms with Gasteiger partial charge in [0.05, 0.1) is 11.8 Å². The first-order chi connectivity index (χ1) is 15.7. The summed E-state index contributed by atoms with van der Waals surface area (Å²) in [5.74, 6) is -0.0530. The summed E-state index contributed by atoms with van der Waals surface area (Å²) >= 11 is 0. The average molecular weight is 460 g/mol. The van der Waals surface area contributed by atoms with Crippen LogP contribution in [0.3, 0.4) is 0 Å². The maximum atomic E-state index is 13.0. The molecule has 3 heterocycles. The van der Waals surface area contributed by atoms with Crippen LogP contribution in [0, 0.1) is 5.41 Å². The van der Waals surface area contributed by atoms with E-state index in [2.05, 4.69) is 15.7 Å². The van der Waals surface area contributed by atoms with Gasteiger partial charge in [-0.2, -0.15) is 18.3 Å². The van der Waals surface area contributed by atoms with Crippen LogP contribution in [-0.4, -0.2) is 50.2 Å². The molecule has 0 bridgehead atoms. The maximum absolute atomic E-state index is 13.0. The molecule has 174 valence electrons. The number of benzene rings is 1. The summed E-state index contributed by atoms with van der Waals surface area (Å²) in [4.78, 5) is 27.0. The number of aromatic nitrogens is 3. The van der Waals surface area contributed by atoms with Crippen LogP contribution < -0.4 is 10.6 Å². The zero-order valence-corrected chi connectivity index (χ0v) is 17.9. The fraction of sp³-hybridized carbons (Fsp3) is 0.409. The molecule has 2 fully saturated rings. The monoisotopic (exact) mass is 460 g/mol. The number of likely N-dealkylation sites (tertiary alicyclic amines) is 1. The number of aryl methyl sites for hydroxylation is 1. The van der Waals surface area contributed by atoms with Crippen molar-refractivity contribution >= 4 is 23.3 Å². The molecule has 3 aromatic rings. The molecule has 11 heteroatoms. The van der Waals surface area contributed by atoms with Gasteiger partial charge in [0.25, 0.3) is 5.91 Å². The van der Waals surface area contributed by atoms with Crippen molar-refractivity contribution in [3.8, 4) is 0 Å². The van der Waals surface area contributed by atoms with Gasteiger partial charge >= 0.3 is 12.2 Å². The minimum Gasteiger partial charge on any atom is -0.337 e. The molecule has 2 aliphatic rings. The highest BCUT2D eigenvalue weighted by atomic mass is 19.4. The lowest BCUT2D eigenvalue weighted by molar-refractivity contribution is -0.137. The highest BCUT2D eigenvalue weighted by Gasteiger charge is 2.54. The number of anilines is 1. The van der Waals surface area contributed by atoms with Gasteiger partial charge in [-0.05, 0) is 38.0 Å². The minimum atomic E-state index is -4.47. The topological polar surface area (TPSA) is 83.7 Å². The van der Waals surface area contributed by atoms with Gasteiger partial charge in [0.1, 0.15) is 11.2 Å². The number of carbonyl (C=O) groups excluding carboxylic acids is 2. The van der Waals surface area contributed by atoms with Crippen LogP contribution in [0.1, 0.15) is 35.7 Å². The van der Waals surface area contributed by atoms with E-state index >= 15 is 0 Å². The second-order valence-corrected chi connectivity index (χ2v) is 8.85. The minimum absolute atomic E-state index is 0.0111. The van der Waals surface area contributed by atoms with Gasteiger partial charge < -0.3 is 20.1 Å². The Kier molecular flexibility index (Phi) is 4.87. The summed E-state index contributed by atoms with van der Waals surface area (Å²) in [6.07, 6.45) is 2.29. The molecular weight excluding hydrogens is 437 g/mol. The third-order valence-electron chi connectivity index (χ3n) is 6.48. The first kappa shape index (κ1) is 21.4. The normalized spacial score (nSPS) is 17.6. The van der Waals surface area contributed by atoms with E-state index in [4.69, 9.17) is 0 Å². The first-order valence-electron chi connectivity index (χ1n) is 10.7. The van der Waals surface area contributed by atoms with Crippen LogP contribution in [-0.2, 0) is 12.7 Å². The van der Waals surface area contributed by atoms with Gasteiger partial charge in [-0.3, -0.25) is 4.79 Å². The van der Waals surface area contributed by atoms with Gasteiger partial charge in [0.2, 0.25) is 0 Å². The number of urea groups is 1. The molecule has 3 amide bonds. The Morgan fingerprint density at radius 2 is 1.97 bits per heavy atom. The second-order valence-electron chi connectivity index (χ2n) is 8.85. The number of imidazole rings is 1. The summed E-state index contributed by atoms with van der Waals surface area (Å²) in [6, 6.07) is 3.91. The van der Waals surface area contributed by atoms with Crippen molar-refractivity contribution in [2.24, 2.45) is 5.41 Å². The van der Waals surface area contributed by atoms with E-state index in [1.54, 1.807) is 15.6 Å². The van der Waals surface area contributed by atoms with E-state index in [1.165, 1.54) is 12.1 Å². The zero-order valence-electron chi connectivity index (χ0n) is 17.9. The van der Waals surface area contributed by atoms with Crippen LogP contribution in [0.25, 0.3) is 5.65 Å². The molecule has 8 nitrogen and oxygen atoms in total. The smallest absolute Gasteiger partial charge is 0.337 e. The Hall–Kier alpha value is -3.50.